The van der Waals surface area contributed by atoms with Gasteiger partial charge in [0.05, 0.1) is 20.7 Å². The number of benzene rings is 1. The van der Waals surface area contributed by atoms with Gasteiger partial charge in [-0.15, -0.1) is 0 Å². The molecule has 0 saturated carbocycles. The van der Waals surface area contributed by atoms with Crippen molar-refractivity contribution in [3.63, 3.8) is 0 Å². The number of nitrogens with zero attached hydrogens (tertiary/aromatic N) is 4. The van der Waals surface area contributed by atoms with E-state index in [1.165, 1.54) is 12.3 Å². The van der Waals surface area contributed by atoms with Crippen LogP contribution in [0, 0.1) is 10.1 Å². The number of nitro groups is 1. The van der Waals surface area contributed by atoms with Gasteiger partial charge < -0.3 is 10.6 Å². The Kier molecular flexibility index (Phi) is 6.00. The Morgan fingerprint density at radius 2 is 1.81 bits per heavy atom. The first-order chi connectivity index (χ1) is 13.0. The number of anilines is 2. The van der Waals surface area contributed by atoms with Crippen LogP contribution in [0.3, 0.4) is 0 Å². The van der Waals surface area contributed by atoms with Gasteiger partial charge in [0.25, 0.3) is 5.69 Å². The molecular weight excluding hydrogens is 391 g/mol. The molecule has 138 valence electrons. The number of hydrogen-bond acceptors (Lipinski definition) is 7. The average Bonchev–Trinajstić information content (AvgIpc) is 2.68. The molecule has 0 aliphatic carbocycles. The molecule has 0 aliphatic rings. The third kappa shape index (κ3) is 5.02. The minimum absolute atomic E-state index is 0.0498. The predicted octanol–water partition coefficient (Wildman–Crippen LogP) is 4.28. The van der Waals surface area contributed by atoms with Gasteiger partial charge in [-0.2, -0.15) is 0 Å². The molecule has 0 aliphatic heterocycles. The fraction of sp³-hybridized carbons (Fsp3) is 0.118. The van der Waals surface area contributed by atoms with Crippen LogP contribution >= 0.6 is 23.2 Å². The predicted molar refractivity (Wildman–Crippen MR) is 105 cm³/mol. The zero-order valence-electron chi connectivity index (χ0n) is 13.9. The summed E-state index contributed by atoms with van der Waals surface area (Å²) in [5.74, 6) is 1.02. The largest absolute Gasteiger partial charge is 0.368 e. The number of pyridine rings is 1. The van der Waals surface area contributed by atoms with Crippen molar-refractivity contribution < 1.29 is 4.92 Å². The molecule has 0 unspecified atom stereocenters. The average molecular weight is 405 g/mol. The van der Waals surface area contributed by atoms with Crippen LogP contribution in [0.15, 0.2) is 48.8 Å². The van der Waals surface area contributed by atoms with Crippen molar-refractivity contribution in [2.45, 2.75) is 0 Å². The van der Waals surface area contributed by atoms with Crippen LogP contribution in [0.5, 0.6) is 0 Å². The normalized spacial score (nSPS) is 10.4. The van der Waals surface area contributed by atoms with Crippen LogP contribution in [0.2, 0.25) is 10.0 Å². The molecule has 0 saturated heterocycles. The van der Waals surface area contributed by atoms with Gasteiger partial charge in [-0.25, -0.2) is 15.0 Å². The molecule has 0 spiro atoms. The van der Waals surface area contributed by atoms with Gasteiger partial charge in [-0.3, -0.25) is 10.1 Å². The molecule has 3 rings (SSSR count). The van der Waals surface area contributed by atoms with E-state index in [9.17, 15) is 10.1 Å². The van der Waals surface area contributed by atoms with Crippen molar-refractivity contribution >= 4 is 40.7 Å². The maximum Gasteiger partial charge on any atom is 0.287 e. The third-order valence-electron chi connectivity index (χ3n) is 3.54. The molecule has 0 radical (unpaired) electrons. The van der Waals surface area contributed by atoms with Crippen molar-refractivity contribution in [3.05, 3.63) is 69.0 Å². The summed E-state index contributed by atoms with van der Waals surface area (Å²) < 4.78 is 0. The summed E-state index contributed by atoms with van der Waals surface area (Å²) in [6, 6.07) is 10.0. The van der Waals surface area contributed by atoms with Crippen LogP contribution in [0.1, 0.15) is 0 Å². The maximum atomic E-state index is 10.6. The van der Waals surface area contributed by atoms with Crippen molar-refractivity contribution in [1.29, 1.82) is 0 Å². The molecule has 0 bridgehead atoms. The van der Waals surface area contributed by atoms with E-state index >= 15 is 0 Å². The lowest BCUT2D eigenvalue weighted by Crippen LogP contribution is -2.15. The van der Waals surface area contributed by atoms with Crippen molar-refractivity contribution in [3.8, 4) is 11.3 Å². The maximum absolute atomic E-state index is 10.6. The second kappa shape index (κ2) is 8.61. The van der Waals surface area contributed by atoms with E-state index in [0.29, 0.717) is 34.9 Å². The lowest BCUT2D eigenvalue weighted by atomic mass is 10.1. The van der Waals surface area contributed by atoms with Gasteiger partial charge in [0.15, 0.2) is 0 Å². The van der Waals surface area contributed by atoms with Gasteiger partial charge in [-0.1, -0.05) is 29.3 Å². The van der Waals surface area contributed by atoms with Gasteiger partial charge >= 0.3 is 0 Å². The summed E-state index contributed by atoms with van der Waals surface area (Å²) in [5.41, 5.74) is 1.50. The molecule has 3 aromatic rings. The summed E-state index contributed by atoms with van der Waals surface area (Å²) in [7, 11) is 0. The molecule has 0 atom stereocenters. The monoisotopic (exact) mass is 404 g/mol. The summed E-state index contributed by atoms with van der Waals surface area (Å²) in [6.07, 6.45) is 2.86. The first-order valence-electron chi connectivity index (χ1n) is 7.89. The molecule has 2 heterocycles. The molecule has 1 aromatic carbocycles. The minimum Gasteiger partial charge on any atom is -0.368 e. The Hall–Kier alpha value is -2.97. The van der Waals surface area contributed by atoms with Crippen LogP contribution in [0.4, 0.5) is 17.5 Å². The lowest BCUT2D eigenvalue weighted by molar-refractivity contribution is -0.385. The van der Waals surface area contributed by atoms with E-state index in [0.717, 1.165) is 11.3 Å². The van der Waals surface area contributed by atoms with Crippen LogP contribution in [-0.2, 0) is 0 Å². The zero-order chi connectivity index (χ0) is 19.2. The zero-order valence-corrected chi connectivity index (χ0v) is 15.4. The highest BCUT2D eigenvalue weighted by atomic mass is 35.5. The Morgan fingerprint density at radius 1 is 1.00 bits per heavy atom. The van der Waals surface area contributed by atoms with E-state index in [2.05, 4.69) is 25.6 Å². The topological polar surface area (TPSA) is 106 Å². The van der Waals surface area contributed by atoms with Crippen molar-refractivity contribution in [1.82, 2.24) is 15.0 Å². The third-order valence-corrected chi connectivity index (χ3v) is 4.28. The first-order valence-corrected chi connectivity index (χ1v) is 8.65. The van der Waals surface area contributed by atoms with Crippen LogP contribution in [0.25, 0.3) is 11.3 Å². The summed E-state index contributed by atoms with van der Waals surface area (Å²) in [6.45, 7) is 1.06. The van der Waals surface area contributed by atoms with E-state index in [4.69, 9.17) is 23.2 Å². The van der Waals surface area contributed by atoms with Crippen molar-refractivity contribution in [2.75, 3.05) is 23.7 Å². The second-order valence-electron chi connectivity index (χ2n) is 5.41. The van der Waals surface area contributed by atoms with Gasteiger partial charge in [0, 0.05) is 30.9 Å². The lowest BCUT2D eigenvalue weighted by Gasteiger charge is -2.08. The highest BCUT2D eigenvalue weighted by Crippen LogP contribution is 2.27. The summed E-state index contributed by atoms with van der Waals surface area (Å²) in [4.78, 5) is 22.7. The smallest absolute Gasteiger partial charge is 0.287 e. The molecule has 0 amide bonds. The molecule has 0 fully saturated rings. The molecule has 27 heavy (non-hydrogen) atoms. The summed E-state index contributed by atoms with van der Waals surface area (Å²) >= 11 is 12.0. The van der Waals surface area contributed by atoms with E-state index in [1.807, 2.05) is 6.07 Å². The number of hydrogen-bond donors (Lipinski definition) is 2. The number of rotatable bonds is 7. The first kappa shape index (κ1) is 18.8. The molecule has 2 N–H and O–H groups in total. The van der Waals surface area contributed by atoms with Crippen LogP contribution < -0.4 is 10.6 Å². The second-order valence-corrected chi connectivity index (χ2v) is 6.22. The number of nitrogens with one attached hydrogen (secondary N) is 2. The Morgan fingerprint density at radius 3 is 2.52 bits per heavy atom. The fourth-order valence-corrected chi connectivity index (χ4v) is 2.52. The van der Waals surface area contributed by atoms with E-state index < -0.39 is 4.92 Å². The quantitative estimate of drug-likeness (QED) is 0.343. The molecule has 2 aromatic heterocycles. The minimum atomic E-state index is -0.490. The van der Waals surface area contributed by atoms with Gasteiger partial charge in [0.1, 0.15) is 12.0 Å². The fourth-order valence-electron chi connectivity index (χ4n) is 2.22. The van der Waals surface area contributed by atoms with Crippen LogP contribution in [-0.4, -0.2) is 33.0 Å². The molecule has 8 nitrogen and oxygen atoms in total. The Balaban J connectivity index is 1.55. The highest BCUT2D eigenvalue weighted by Gasteiger charge is 2.06. The van der Waals surface area contributed by atoms with E-state index in [-0.39, 0.29) is 5.69 Å². The summed E-state index contributed by atoms with van der Waals surface area (Å²) in [5, 5.41) is 17.7. The molecular formula is C17H14Cl2N6O2. The number of aromatic nitrogens is 3. The van der Waals surface area contributed by atoms with Gasteiger partial charge in [0.2, 0.25) is 5.95 Å². The van der Waals surface area contributed by atoms with Gasteiger partial charge in [-0.05, 0) is 24.3 Å². The van der Waals surface area contributed by atoms with E-state index in [1.54, 1.807) is 30.5 Å². The molecule has 10 heteroatoms. The standard InChI is InChI=1S/C17H14Cl2N6O2/c18-13-3-1-11(9-14(13)19)15-5-6-21-17(24-15)22-8-7-20-16-4-2-12(10-23-16)25(26)27/h1-6,9-10H,7-8H2,(H,20,23)(H,21,22,24). The Labute approximate surface area is 164 Å². The Bertz CT molecular complexity index is 952. The number of halogens is 2. The SMILES string of the molecule is O=[N+]([O-])c1ccc(NCCNc2nccc(-c3ccc(Cl)c(Cl)c3)n2)nc1. The van der Waals surface area contributed by atoms with Crippen molar-refractivity contribution in [2.24, 2.45) is 0 Å². The highest BCUT2D eigenvalue weighted by molar-refractivity contribution is 6.42.